The number of rotatable bonds is 0. The average Bonchev–Trinajstić information content (AvgIpc) is 2.51. The van der Waals surface area contributed by atoms with Gasteiger partial charge in [0.2, 0.25) is 0 Å². The molecule has 4 heteroatoms. The molecule has 0 spiro atoms. The van der Waals surface area contributed by atoms with Gasteiger partial charge in [0.05, 0.1) is 10.0 Å². The fourth-order valence-corrected chi connectivity index (χ4v) is 2.46. The maximum absolute atomic E-state index is 10.4. The standard InChI is InChI=1S/C14H10Cl2O2/c15-11-5-10-13(6-12(11)16)18-7-8-3-1-2-4-9(8)14(10)17/h1-6,14,17H,7H2. The molecule has 1 aliphatic heterocycles. The Balaban J connectivity index is 2.19. The highest BCUT2D eigenvalue weighted by Gasteiger charge is 2.23. The van der Waals surface area contributed by atoms with Gasteiger partial charge in [0.25, 0.3) is 0 Å². The molecule has 0 saturated carbocycles. The van der Waals surface area contributed by atoms with Crippen LogP contribution in [0.1, 0.15) is 22.8 Å². The average molecular weight is 281 g/mol. The second-order valence-electron chi connectivity index (χ2n) is 4.19. The molecule has 0 aromatic heterocycles. The van der Waals surface area contributed by atoms with E-state index in [4.69, 9.17) is 27.9 Å². The third-order valence-corrected chi connectivity index (χ3v) is 3.80. The molecule has 0 saturated heterocycles. The van der Waals surface area contributed by atoms with Crippen molar-refractivity contribution in [2.75, 3.05) is 0 Å². The quantitative estimate of drug-likeness (QED) is 0.791. The molecule has 0 bridgehead atoms. The minimum atomic E-state index is -0.742. The van der Waals surface area contributed by atoms with Crippen LogP contribution in [0.25, 0.3) is 0 Å². The summed E-state index contributed by atoms with van der Waals surface area (Å²) in [5.74, 6) is 0.577. The molecule has 0 radical (unpaired) electrons. The van der Waals surface area contributed by atoms with Gasteiger partial charge >= 0.3 is 0 Å². The summed E-state index contributed by atoms with van der Waals surface area (Å²) >= 11 is 12.0. The van der Waals surface area contributed by atoms with Crippen molar-refractivity contribution in [1.29, 1.82) is 0 Å². The van der Waals surface area contributed by atoms with E-state index in [1.54, 1.807) is 12.1 Å². The summed E-state index contributed by atoms with van der Waals surface area (Å²) in [4.78, 5) is 0. The Kier molecular flexibility index (Phi) is 2.94. The number of fused-ring (bicyclic) bond motifs is 2. The van der Waals surface area contributed by atoms with Gasteiger partial charge < -0.3 is 9.84 Å². The Labute approximate surface area is 115 Å². The van der Waals surface area contributed by atoms with E-state index in [-0.39, 0.29) is 0 Å². The van der Waals surface area contributed by atoms with E-state index in [0.717, 1.165) is 11.1 Å². The Morgan fingerprint density at radius 3 is 2.61 bits per heavy atom. The van der Waals surface area contributed by atoms with Gasteiger partial charge in [-0.05, 0) is 17.2 Å². The number of halogens is 2. The van der Waals surface area contributed by atoms with Gasteiger partial charge in [-0.1, -0.05) is 47.5 Å². The lowest BCUT2D eigenvalue weighted by molar-refractivity contribution is 0.218. The fraction of sp³-hybridized carbons (Fsp3) is 0.143. The van der Waals surface area contributed by atoms with Crippen LogP contribution in [-0.4, -0.2) is 5.11 Å². The normalized spacial score (nSPS) is 17.4. The smallest absolute Gasteiger partial charge is 0.127 e. The molecule has 1 N–H and O–H groups in total. The van der Waals surface area contributed by atoms with Gasteiger partial charge in [-0.3, -0.25) is 0 Å². The van der Waals surface area contributed by atoms with Crippen LogP contribution in [0.4, 0.5) is 0 Å². The van der Waals surface area contributed by atoms with Gasteiger partial charge in [-0.25, -0.2) is 0 Å². The van der Waals surface area contributed by atoms with E-state index in [0.29, 0.717) is 28.0 Å². The van der Waals surface area contributed by atoms with E-state index >= 15 is 0 Å². The molecule has 0 fully saturated rings. The minimum Gasteiger partial charge on any atom is -0.488 e. The number of aliphatic hydroxyl groups excluding tert-OH is 1. The molecule has 2 aromatic carbocycles. The molecule has 18 heavy (non-hydrogen) atoms. The van der Waals surface area contributed by atoms with Crippen molar-refractivity contribution in [2.45, 2.75) is 12.7 Å². The van der Waals surface area contributed by atoms with Crippen molar-refractivity contribution in [3.8, 4) is 5.75 Å². The molecule has 3 rings (SSSR count). The van der Waals surface area contributed by atoms with Gasteiger partial charge in [0.15, 0.2) is 0 Å². The molecular formula is C14H10Cl2O2. The monoisotopic (exact) mass is 280 g/mol. The fourth-order valence-electron chi connectivity index (χ4n) is 2.14. The van der Waals surface area contributed by atoms with Crippen LogP contribution in [0.5, 0.6) is 5.75 Å². The number of ether oxygens (including phenoxy) is 1. The zero-order valence-corrected chi connectivity index (χ0v) is 10.9. The Morgan fingerprint density at radius 1 is 1.06 bits per heavy atom. The van der Waals surface area contributed by atoms with Crippen molar-refractivity contribution < 1.29 is 9.84 Å². The van der Waals surface area contributed by atoms with E-state index in [1.165, 1.54) is 0 Å². The molecule has 92 valence electrons. The predicted octanol–water partition coefficient (Wildman–Crippen LogP) is 3.97. The van der Waals surface area contributed by atoms with Crippen LogP contribution < -0.4 is 4.74 Å². The van der Waals surface area contributed by atoms with E-state index in [9.17, 15) is 5.11 Å². The van der Waals surface area contributed by atoms with Crippen LogP contribution in [0.3, 0.4) is 0 Å². The summed E-state index contributed by atoms with van der Waals surface area (Å²) in [5, 5.41) is 11.3. The van der Waals surface area contributed by atoms with E-state index in [1.807, 2.05) is 24.3 Å². The largest absolute Gasteiger partial charge is 0.488 e. The minimum absolute atomic E-state index is 0.414. The van der Waals surface area contributed by atoms with Crippen LogP contribution in [0.2, 0.25) is 10.0 Å². The molecule has 1 aliphatic rings. The zero-order chi connectivity index (χ0) is 12.7. The van der Waals surface area contributed by atoms with Crippen LogP contribution >= 0.6 is 23.2 Å². The van der Waals surface area contributed by atoms with Crippen LogP contribution in [0.15, 0.2) is 36.4 Å². The van der Waals surface area contributed by atoms with Crippen molar-refractivity contribution in [3.05, 3.63) is 63.1 Å². The number of aliphatic hydroxyl groups is 1. The summed E-state index contributed by atoms with van der Waals surface area (Å²) in [6.07, 6.45) is -0.742. The summed E-state index contributed by atoms with van der Waals surface area (Å²) in [6.45, 7) is 0.415. The first-order chi connectivity index (χ1) is 8.66. The second-order valence-corrected chi connectivity index (χ2v) is 5.01. The molecule has 2 nitrogen and oxygen atoms in total. The molecule has 2 aromatic rings. The SMILES string of the molecule is OC1c2ccccc2COc2cc(Cl)c(Cl)cc21. The molecule has 0 amide bonds. The van der Waals surface area contributed by atoms with Gasteiger partial charge in [-0.15, -0.1) is 0 Å². The highest BCUT2D eigenvalue weighted by atomic mass is 35.5. The molecule has 0 aliphatic carbocycles. The number of benzene rings is 2. The van der Waals surface area contributed by atoms with Crippen LogP contribution in [0, 0.1) is 0 Å². The third kappa shape index (κ3) is 1.87. The molecular weight excluding hydrogens is 271 g/mol. The maximum atomic E-state index is 10.4. The lowest BCUT2D eigenvalue weighted by Crippen LogP contribution is -2.00. The highest BCUT2D eigenvalue weighted by Crippen LogP contribution is 2.39. The third-order valence-electron chi connectivity index (χ3n) is 3.08. The number of hydrogen-bond acceptors (Lipinski definition) is 2. The summed E-state index contributed by atoms with van der Waals surface area (Å²) in [5.41, 5.74) is 2.46. The zero-order valence-electron chi connectivity index (χ0n) is 9.36. The van der Waals surface area contributed by atoms with Crippen molar-refractivity contribution in [3.63, 3.8) is 0 Å². The maximum Gasteiger partial charge on any atom is 0.127 e. The number of hydrogen-bond donors (Lipinski definition) is 1. The second kappa shape index (κ2) is 4.47. The lowest BCUT2D eigenvalue weighted by atomic mass is 9.98. The molecule has 1 atom stereocenters. The van der Waals surface area contributed by atoms with Gasteiger partial charge in [0, 0.05) is 11.6 Å². The van der Waals surface area contributed by atoms with Crippen molar-refractivity contribution in [2.24, 2.45) is 0 Å². The Hall–Kier alpha value is -1.22. The predicted molar refractivity (Wildman–Crippen MR) is 71.3 cm³/mol. The first-order valence-electron chi connectivity index (χ1n) is 5.54. The summed E-state index contributed by atoms with van der Waals surface area (Å²) in [6, 6.07) is 10.9. The van der Waals surface area contributed by atoms with Crippen molar-refractivity contribution >= 4 is 23.2 Å². The Morgan fingerprint density at radius 2 is 1.78 bits per heavy atom. The van der Waals surface area contributed by atoms with Crippen molar-refractivity contribution in [1.82, 2.24) is 0 Å². The first-order valence-corrected chi connectivity index (χ1v) is 6.30. The van der Waals surface area contributed by atoms with Gasteiger partial charge in [-0.2, -0.15) is 0 Å². The molecule has 1 unspecified atom stereocenters. The lowest BCUT2D eigenvalue weighted by Gasteiger charge is -2.13. The van der Waals surface area contributed by atoms with E-state index in [2.05, 4.69) is 0 Å². The van der Waals surface area contributed by atoms with Crippen LogP contribution in [-0.2, 0) is 6.61 Å². The highest BCUT2D eigenvalue weighted by molar-refractivity contribution is 6.42. The Bertz CT molecular complexity index is 611. The topological polar surface area (TPSA) is 29.5 Å². The van der Waals surface area contributed by atoms with Gasteiger partial charge in [0.1, 0.15) is 18.5 Å². The molecule has 1 heterocycles. The summed E-state index contributed by atoms with van der Waals surface area (Å²) < 4.78 is 5.68. The summed E-state index contributed by atoms with van der Waals surface area (Å²) in [7, 11) is 0. The van der Waals surface area contributed by atoms with E-state index < -0.39 is 6.10 Å². The first kappa shape index (κ1) is 11.8.